The molecule has 8 heteroatoms. The molecule has 0 saturated carbocycles. The molecule has 2 N–H and O–H groups in total. The van der Waals surface area contributed by atoms with Gasteiger partial charge < -0.3 is 15.4 Å². The number of rotatable bonds is 9. The highest BCUT2D eigenvalue weighted by atomic mass is 127. The van der Waals surface area contributed by atoms with Gasteiger partial charge in [0.25, 0.3) is 5.69 Å². The zero-order chi connectivity index (χ0) is 19.5. The summed E-state index contributed by atoms with van der Waals surface area (Å²) in [6.07, 6.45) is 0.909. The molecule has 0 fully saturated rings. The summed E-state index contributed by atoms with van der Waals surface area (Å²) in [5.41, 5.74) is 2.08. The average molecular weight is 498 g/mol. The molecule has 0 aliphatic rings. The second-order valence-corrected chi connectivity index (χ2v) is 6.06. The zero-order valence-corrected chi connectivity index (χ0v) is 18.5. The third kappa shape index (κ3) is 8.22. The first kappa shape index (κ1) is 23.8. The Morgan fingerprint density at radius 1 is 1.18 bits per heavy atom. The Labute approximate surface area is 182 Å². The van der Waals surface area contributed by atoms with Crippen molar-refractivity contribution in [2.24, 2.45) is 4.99 Å². The van der Waals surface area contributed by atoms with Gasteiger partial charge in [-0.3, -0.25) is 15.1 Å². The van der Waals surface area contributed by atoms with Crippen molar-refractivity contribution in [3.8, 4) is 0 Å². The lowest BCUT2D eigenvalue weighted by Crippen LogP contribution is -2.37. The van der Waals surface area contributed by atoms with E-state index in [1.54, 1.807) is 19.2 Å². The molecule has 0 radical (unpaired) electrons. The minimum atomic E-state index is -0.396. The number of non-ortho nitro benzene ring substituents is 1. The smallest absolute Gasteiger partial charge is 0.269 e. The topological polar surface area (TPSA) is 88.8 Å². The first-order chi connectivity index (χ1) is 13.1. The Balaban J connectivity index is 0.00000392. The quantitative estimate of drug-likeness (QED) is 0.136. The highest BCUT2D eigenvalue weighted by Crippen LogP contribution is 2.15. The minimum Gasteiger partial charge on any atom is -0.374 e. The molecular formula is C20H27IN4O3. The number of nitrogens with zero attached hydrogens (tertiary/aromatic N) is 2. The van der Waals surface area contributed by atoms with Crippen molar-refractivity contribution in [3.05, 3.63) is 75.8 Å². The van der Waals surface area contributed by atoms with Crippen LogP contribution in [0.2, 0.25) is 0 Å². The normalized spacial score (nSPS) is 12.0. The Bertz CT molecular complexity index is 756. The average Bonchev–Trinajstić information content (AvgIpc) is 2.70. The van der Waals surface area contributed by atoms with Crippen molar-refractivity contribution in [1.29, 1.82) is 0 Å². The summed E-state index contributed by atoms with van der Waals surface area (Å²) in [5.74, 6) is 0.651. The molecule has 0 heterocycles. The van der Waals surface area contributed by atoms with Crippen LogP contribution in [-0.4, -0.2) is 31.1 Å². The van der Waals surface area contributed by atoms with Gasteiger partial charge in [0.2, 0.25) is 0 Å². The van der Waals surface area contributed by atoms with Gasteiger partial charge in [-0.25, -0.2) is 0 Å². The van der Waals surface area contributed by atoms with Crippen molar-refractivity contribution in [2.45, 2.75) is 26.0 Å². The number of nitro groups is 1. The maximum Gasteiger partial charge on any atom is 0.269 e. The second kappa shape index (κ2) is 13.1. The summed E-state index contributed by atoms with van der Waals surface area (Å²) in [6, 6.07) is 16.7. The molecule has 0 amide bonds. The van der Waals surface area contributed by atoms with E-state index in [1.165, 1.54) is 11.6 Å². The van der Waals surface area contributed by atoms with E-state index in [0.717, 1.165) is 18.5 Å². The van der Waals surface area contributed by atoms with E-state index in [9.17, 15) is 10.1 Å². The van der Waals surface area contributed by atoms with Crippen LogP contribution in [0.3, 0.4) is 0 Å². The third-order valence-corrected chi connectivity index (χ3v) is 4.06. The van der Waals surface area contributed by atoms with Gasteiger partial charge in [0.1, 0.15) is 0 Å². The van der Waals surface area contributed by atoms with E-state index in [1.807, 2.05) is 31.2 Å². The molecule has 1 atom stereocenters. The van der Waals surface area contributed by atoms with Gasteiger partial charge in [-0.2, -0.15) is 0 Å². The molecule has 0 saturated heterocycles. The number of aliphatic imine (C=N–C) groups is 1. The Morgan fingerprint density at radius 2 is 1.93 bits per heavy atom. The molecule has 0 bridgehead atoms. The lowest BCUT2D eigenvalue weighted by molar-refractivity contribution is -0.384. The molecule has 2 aromatic carbocycles. The van der Waals surface area contributed by atoms with Crippen LogP contribution in [0.5, 0.6) is 0 Å². The highest BCUT2D eigenvalue weighted by Gasteiger charge is 2.07. The molecule has 0 aromatic heterocycles. The number of hydrogen-bond donors (Lipinski definition) is 2. The van der Waals surface area contributed by atoms with Gasteiger partial charge >= 0.3 is 0 Å². The Kier molecular flexibility index (Phi) is 11.1. The fraction of sp³-hybridized carbons (Fsp3) is 0.350. The number of ether oxygens (including phenoxy) is 1. The van der Waals surface area contributed by atoms with Gasteiger partial charge in [-0.15, -0.1) is 24.0 Å². The monoisotopic (exact) mass is 498 g/mol. The van der Waals surface area contributed by atoms with Crippen LogP contribution in [0.15, 0.2) is 59.6 Å². The van der Waals surface area contributed by atoms with E-state index in [-0.39, 0.29) is 35.8 Å². The molecule has 7 nitrogen and oxygen atoms in total. The maximum absolute atomic E-state index is 10.8. The Hall–Kier alpha value is -2.20. The van der Waals surface area contributed by atoms with Crippen LogP contribution in [0.1, 0.15) is 30.6 Å². The fourth-order valence-electron chi connectivity index (χ4n) is 2.55. The lowest BCUT2D eigenvalue weighted by atomic mass is 10.1. The molecule has 0 aliphatic carbocycles. The standard InChI is InChI=1S/C20H26N4O3.HI/c1-16(18-9-4-3-5-10-18)27-13-7-12-22-20(21-2)23-15-17-8-6-11-19(14-17)24(25)26;/h3-6,8-11,14,16H,7,12-13,15H2,1-2H3,(H2,21,22,23);1H. The molecule has 152 valence electrons. The van der Waals surface area contributed by atoms with Crippen LogP contribution < -0.4 is 10.6 Å². The van der Waals surface area contributed by atoms with Crippen molar-refractivity contribution < 1.29 is 9.66 Å². The summed E-state index contributed by atoms with van der Waals surface area (Å²) in [4.78, 5) is 14.6. The SMILES string of the molecule is CN=C(NCCCOC(C)c1ccccc1)NCc1cccc([N+](=O)[O-])c1.I. The number of guanidine groups is 1. The van der Waals surface area contributed by atoms with E-state index in [4.69, 9.17) is 4.74 Å². The number of halogens is 1. The first-order valence-electron chi connectivity index (χ1n) is 8.94. The summed E-state index contributed by atoms with van der Waals surface area (Å²) in [6.45, 7) is 3.87. The predicted octanol–water partition coefficient (Wildman–Crippen LogP) is 4.05. The second-order valence-electron chi connectivity index (χ2n) is 6.06. The van der Waals surface area contributed by atoms with E-state index in [0.29, 0.717) is 19.1 Å². The summed E-state index contributed by atoms with van der Waals surface area (Å²) in [7, 11) is 1.69. The third-order valence-electron chi connectivity index (χ3n) is 4.06. The molecule has 1 unspecified atom stereocenters. The van der Waals surface area contributed by atoms with Crippen LogP contribution in [0.4, 0.5) is 5.69 Å². The fourth-order valence-corrected chi connectivity index (χ4v) is 2.55. The predicted molar refractivity (Wildman–Crippen MR) is 122 cm³/mol. The number of nitrogens with one attached hydrogen (secondary N) is 2. The van der Waals surface area contributed by atoms with Crippen molar-refractivity contribution in [1.82, 2.24) is 10.6 Å². The molecule has 28 heavy (non-hydrogen) atoms. The van der Waals surface area contributed by atoms with Crippen molar-refractivity contribution in [2.75, 3.05) is 20.2 Å². The van der Waals surface area contributed by atoms with Gasteiger partial charge in [0.15, 0.2) is 5.96 Å². The van der Waals surface area contributed by atoms with Crippen molar-refractivity contribution >= 4 is 35.6 Å². The van der Waals surface area contributed by atoms with Crippen LogP contribution in [0, 0.1) is 10.1 Å². The highest BCUT2D eigenvalue weighted by molar-refractivity contribution is 14.0. The summed E-state index contributed by atoms with van der Waals surface area (Å²) < 4.78 is 5.84. The zero-order valence-electron chi connectivity index (χ0n) is 16.1. The Morgan fingerprint density at radius 3 is 2.61 bits per heavy atom. The largest absolute Gasteiger partial charge is 0.374 e. The van der Waals surface area contributed by atoms with Gasteiger partial charge in [-0.05, 0) is 24.5 Å². The van der Waals surface area contributed by atoms with Gasteiger partial charge in [0, 0.05) is 38.9 Å². The van der Waals surface area contributed by atoms with E-state index < -0.39 is 4.92 Å². The minimum absolute atomic E-state index is 0. The molecule has 0 spiro atoms. The number of benzene rings is 2. The van der Waals surface area contributed by atoms with E-state index in [2.05, 4.69) is 27.8 Å². The van der Waals surface area contributed by atoms with E-state index >= 15 is 0 Å². The maximum atomic E-state index is 10.8. The molecular weight excluding hydrogens is 471 g/mol. The number of nitro benzene ring substituents is 1. The van der Waals surface area contributed by atoms with Gasteiger partial charge in [-0.1, -0.05) is 42.5 Å². The molecule has 2 aromatic rings. The summed E-state index contributed by atoms with van der Waals surface area (Å²) in [5, 5.41) is 17.2. The van der Waals surface area contributed by atoms with Crippen LogP contribution >= 0.6 is 24.0 Å². The lowest BCUT2D eigenvalue weighted by Gasteiger charge is -2.15. The van der Waals surface area contributed by atoms with Crippen LogP contribution in [0.25, 0.3) is 0 Å². The molecule has 0 aliphatic heterocycles. The van der Waals surface area contributed by atoms with Crippen LogP contribution in [-0.2, 0) is 11.3 Å². The van der Waals surface area contributed by atoms with Gasteiger partial charge in [0.05, 0.1) is 11.0 Å². The molecule has 2 rings (SSSR count). The van der Waals surface area contributed by atoms with Crippen molar-refractivity contribution in [3.63, 3.8) is 0 Å². The number of hydrogen-bond acceptors (Lipinski definition) is 4. The first-order valence-corrected chi connectivity index (χ1v) is 8.94. The summed E-state index contributed by atoms with van der Waals surface area (Å²) >= 11 is 0.